The van der Waals surface area contributed by atoms with Gasteiger partial charge in [0.1, 0.15) is 0 Å². The van der Waals surface area contributed by atoms with Crippen LogP contribution < -0.4 is 10.6 Å². The molecule has 0 aliphatic carbocycles. The smallest absolute Gasteiger partial charge is 0.0414 e. The van der Waals surface area contributed by atoms with Gasteiger partial charge < -0.3 is 10.6 Å². The van der Waals surface area contributed by atoms with Crippen LogP contribution in [0.25, 0.3) is 0 Å². The van der Waals surface area contributed by atoms with Crippen LogP contribution in [0.1, 0.15) is 38.8 Å². The fourth-order valence-corrected chi connectivity index (χ4v) is 3.02. The van der Waals surface area contributed by atoms with Crippen molar-refractivity contribution < 1.29 is 0 Å². The molecule has 2 rings (SSSR count). The molecule has 1 heterocycles. The highest BCUT2D eigenvalue weighted by molar-refractivity contribution is 5.55. The molecule has 3 atom stereocenters. The third kappa shape index (κ3) is 2.81. The van der Waals surface area contributed by atoms with E-state index in [-0.39, 0.29) is 6.04 Å². The lowest BCUT2D eigenvalue weighted by atomic mass is 9.91. The van der Waals surface area contributed by atoms with Crippen molar-refractivity contribution in [1.29, 1.82) is 0 Å². The number of anilines is 1. The van der Waals surface area contributed by atoms with Crippen LogP contribution in [0.15, 0.2) is 24.3 Å². The van der Waals surface area contributed by atoms with Crippen LogP contribution in [0.3, 0.4) is 0 Å². The van der Waals surface area contributed by atoms with Crippen LogP contribution in [0.5, 0.6) is 0 Å². The number of rotatable bonds is 2. The minimum atomic E-state index is 0.110. The van der Waals surface area contributed by atoms with E-state index in [9.17, 15) is 0 Å². The summed E-state index contributed by atoms with van der Waals surface area (Å²) < 4.78 is 0. The minimum absolute atomic E-state index is 0.110. The summed E-state index contributed by atoms with van der Waals surface area (Å²) in [4.78, 5) is 2.51. The molecule has 2 unspecified atom stereocenters. The number of benzene rings is 1. The first-order valence-corrected chi connectivity index (χ1v) is 6.67. The molecule has 1 aliphatic rings. The van der Waals surface area contributed by atoms with Crippen LogP contribution in [0, 0.1) is 11.8 Å². The van der Waals surface area contributed by atoms with Gasteiger partial charge in [-0.15, -0.1) is 0 Å². The standard InChI is InChI=1S/C15H24N2/c1-11-8-12(2)10-17(9-11)15-7-5-4-6-14(15)13(3)16/h4-7,11-13H,8-10,16H2,1-3H3/t11?,12?,13-/m1/s1. The number of para-hydroxylation sites is 1. The lowest BCUT2D eigenvalue weighted by molar-refractivity contribution is 0.356. The van der Waals surface area contributed by atoms with Crippen LogP contribution in [0.2, 0.25) is 0 Å². The van der Waals surface area contributed by atoms with Gasteiger partial charge >= 0.3 is 0 Å². The summed E-state index contributed by atoms with van der Waals surface area (Å²) in [5.74, 6) is 1.56. The van der Waals surface area contributed by atoms with Gasteiger partial charge in [-0.05, 0) is 36.8 Å². The Kier molecular flexibility index (Phi) is 3.72. The second-order valence-corrected chi connectivity index (χ2v) is 5.70. The molecule has 17 heavy (non-hydrogen) atoms. The SMILES string of the molecule is CC1CC(C)CN(c2ccccc2[C@@H](C)N)C1. The molecule has 2 nitrogen and oxygen atoms in total. The summed E-state index contributed by atoms with van der Waals surface area (Å²) in [6.07, 6.45) is 1.34. The van der Waals surface area contributed by atoms with Gasteiger partial charge in [0.15, 0.2) is 0 Å². The molecule has 2 heteroatoms. The molecule has 0 spiro atoms. The Bertz CT molecular complexity index is 363. The van der Waals surface area contributed by atoms with E-state index in [2.05, 4.69) is 49.9 Å². The monoisotopic (exact) mass is 232 g/mol. The molecule has 1 saturated heterocycles. The van der Waals surface area contributed by atoms with Crippen molar-refractivity contribution in [1.82, 2.24) is 0 Å². The molecule has 0 aromatic heterocycles. The van der Waals surface area contributed by atoms with Crippen molar-refractivity contribution in [3.63, 3.8) is 0 Å². The predicted molar refractivity (Wildman–Crippen MR) is 74.2 cm³/mol. The first kappa shape index (κ1) is 12.4. The first-order valence-electron chi connectivity index (χ1n) is 6.67. The molecule has 0 bridgehead atoms. The second-order valence-electron chi connectivity index (χ2n) is 5.70. The zero-order valence-corrected chi connectivity index (χ0v) is 11.2. The Hall–Kier alpha value is -1.02. The predicted octanol–water partition coefficient (Wildman–Crippen LogP) is 3.19. The zero-order chi connectivity index (χ0) is 12.4. The molecule has 0 amide bonds. The molecular weight excluding hydrogens is 208 g/mol. The van der Waals surface area contributed by atoms with E-state index in [4.69, 9.17) is 5.73 Å². The molecule has 0 saturated carbocycles. The van der Waals surface area contributed by atoms with Gasteiger partial charge in [-0.2, -0.15) is 0 Å². The normalized spacial score (nSPS) is 26.9. The van der Waals surface area contributed by atoms with Crippen molar-refractivity contribution in [2.75, 3.05) is 18.0 Å². The van der Waals surface area contributed by atoms with E-state index in [1.165, 1.54) is 17.7 Å². The van der Waals surface area contributed by atoms with Gasteiger partial charge in [-0.25, -0.2) is 0 Å². The van der Waals surface area contributed by atoms with Crippen molar-refractivity contribution in [2.24, 2.45) is 17.6 Å². The highest BCUT2D eigenvalue weighted by atomic mass is 15.1. The topological polar surface area (TPSA) is 29.3 Å². The Morgan fingerprint density at radius 2 is 1.76 bits per heavy atom. The van der Waals surface area contributed by atoms with E-state index in [0.717, 1.165) is 24.9 Å². The van der Waals surface area contributed by atoms with Crippen molar-refractivity contribution in [3.05, 3.63) is 29.8 Å². The lowest BCUT2D eigenvalue weighted by Gasteiger charge is -2.38. The van der Waals surface area contributed by atoms with Gasteiger partial charge in [0.2, 0.25) is 0 Å². The Balaban J connectivity index is 2.27. The minimum Gasteiger partial charge on any atom is -0.371 e. The molecule has 1 aromatic carbocycles. The molecule has 0 radical (unpaired) electrons. The average Bonchev–Trinajstić information content (AvgIpc) is 2.27. The second kappa shape index (κ2) is 5.09. The first-order chi connectivity index (χ1) is 8.08. The highest BCUT2D eigenvalue weighted by Gasteiger charge is 2.23. The van der Waals surface area contributed by atoms with E-state index >= 15 is 0 Å². The summed E-state index contributed by atoms with van der Waals surface area (Å²) in [6, 6.07) is 8.68. The summed E-state index contributed by atoms with van der Waals surface area (Å²) in [5, 5.41) is 0. The zero-order valence-electron chi connectivity index (χ0n) is 11.2. The van der Waals surface area contributed by atoms with E-state index < -0.39 is 0 Å². The fraction of sp³-hybridized carbons (Fsp3) is 0.600. The van der Waals surface area contributed by atoms with Crippen LogP contribution in [-0.4, -0.2) is 13.1 Å². The van der Waals surface area contributed by atoms with Gasteiger partial charge in [0.25, 0.3) is 0 Å². The van der Waals surface area contributed by atoms with E-state index in [1.54, 1.807) is 0 Å². The molecule has 1 aromatic rings. The maximum atomic E-state index is 6.06. The van der Waals surface area contributed by atoms with Crippen LogP contribution in [-0.2, 0) is 0 Å². The van der Waals surface area contributed by atoms with Crippen LogP contribution >= 0.6 is 0 Å². The Morgan fingerprint density at radius 3 is 2.35 bits per heavy atom. The number of hydrogen-bond acceptors (Lipinski definition) is 2. The van der Waals surface area contributed by atoms with Gasteiger partial charge in [-0.1, -0.05) is 32.0 Å². The molecule has 1 fully saturated rings. The Labute approximate surface area is 105 Å². The lowest BCUT2D eigenvalue weighted by Crippen LogP contribution is -2.39. The average molecular weight is 232 g/mol. The largest absolute Gasteiger partial charge is 0.371 e. The van der Waals surface area contributed by atoms with Crippen LogP contribution in [0.4, 0.5) is 5.69 Å². The third-order valence-electron chi connectivity index (χ3n) is 3.64. The molecular formula is C15H24N2. The maximum Gasteiger partial charge on any atom is 0.0414 e. The number of piperidine rings is 1. The maximum absolute atomic E-state index is 6.06. The summed E-state index contributed by atoms with van der Waals surface area (Å²) in [5.41, 5.74) is 8.67. The van der Waals surface area contributed by atoms with Crippen molar-refractivity contribution in [2.45, 2.75) is 33.2 Å². The van der Waals surface area contributed by atoms with Crippen molar-refractivity contribution in [3.8, 4) is 0 Å². The quantitative estimate of drug-likeness (QED) is 0.848. The van der Waals surface area contributed by atoms with Crippen molar-refractivity contribution >= 4 is 5.69 Å². The summed E-state index contributed by atoms with van der Waals surface area (Å²) in [7, 11) is 0. The number of nitrogens with zero attached hydrogens (tertiary/aromatic N) is 1. The molecule has 94 valence electrons. The number of hydrogen-bond donors (Lipinski definition) is 1. The molecule has 2 N–H and O–H groups in total. The summed E-state index contributed by atoms with van der Waals surface area (Å²) in [6.45, 7) is 9.08. The number of nitrogens with two attached hydrogens (primary N) is 1. The summed E-state index contributed by atoms with van der Waals surface area (Å²) >= 11 is 0. The highest BCUT2D eigenvalue weighted by Crippen LogP contribution is 2.30. The molecule has 1 aliphatic heterocycles. The Morgan fingerprint density at radius 1 is 1.18 bits per heavy atom. The van der Waals surface area contributed by atoms with E-state index in [0.29, 0.717) is 0 Å². The van der Waals surface area contributed by atoms with E-state index in [1.807, 2.05) is 0 Å². The third-order valence-corrected chi connectivity index (χ3v) is 3.64. The van der Waals surface area contributed by atoms with Gasteiger partial charge in [-0.3, -0.25) is 0 Å². The van der Waals surface area contributed by atoms with Gasteiger partial charge in [0, 0.05) is 24.8 Å². The fourth-order valence-electron chi connectivity index (χ4n) is 3.02. The van der Waals surface area contributed by atoms with Gasteiger partial charge in [0.05, 0.1) is 0 Å².